The molecule has 1 saturated heterocycles. The van der Waals surface area contributed by atoms with Gasteiger partial charge in [-0.05, 0) is 0 Å². The van der Waals surface area contributed by atoms with Gasteiger partial charge in [0.05, 0.1) is 6.61 Å². The van der Waals surface area contributed by atoms with Gasteiger partial charge in [0.1, 0.15) is 18.3 Å². The molecule has 2 N–H and O–H groups in total. The van der Waals surface area contributed by atoms with E-state index in [1.54, 1.807) is 0 Å². The summed E-state index contributed by atoms with van der Waals surface area (Å²) in [4.78, 5) is 0. The minimum Gasteiger partial charge on any atom is -0.387 e. The monoisotopic (exact) mass is 178 g/mol. The van der Waals surface area contributed by atoms with Crippen molar-refractivity contribution in [1.29, 1.82) is 0 Å². The van der Waals surface area contributed by atoms with E-state index in [0.717, 1.165) is 0 Å². The maximum Gasteiger partial charge on any atom is 0.183 e. The Morgan fingerprint density at radius 1 is 1.25 bits per heavy atom. The Labute approximate surface area is 70.9 Å². The van der Waals surface area contributed by atoms with Gasteiger partial charge in [0.25, 0.3) is 0 Å². The van der Waals surface area contributed by atoms with Crippen molar-refractivity contribution in [3.63, 3.8) is 0 Å². The number of ether oxygens (including phenoxy) is 3. The van der Waals surface area contributed by atoms with Gasteiger partial charge in [-0.3, -0.25) is 0 Å². The molecule has 4 atom stereocenters. The summed E-state index contributed by atoms with van der Waals surface area (Å²) < 4.78 is 14.7. The molecule has 1 heterocycles. The molecule has 0 aromatic carbocycles. The Morgan fingerprint density at radius 2 is 1.92 bits per heavy atom. The molecular formula is C7H14O5. The maximum atomic E-state index is 9.51. The molecule has 1 fully saturated rings. The van der Waals surface area contributed by atoms with Crippen LogP contribution in [0.1, 0.15) is 0 Å². The zero-order valence-electron chi connectivity index (χ0n) is 7.14. The Kier molecular flexibility index (Phi) is 3.42. The largest absolute Gasteiger partial charge is 0.387 e. The smallest absolute Gasteiger partial charge is 0.183 e. The molecule has 0 amide bonds. The molecule has 0 saturated carbocycles. The quantitative estimate of drug-likeness (QED) is 0.551. The third kappa shape index (κ3) is 1.75. The summed E-state index contributed by atoms with van der Waals surface area (Å²) in [5.74, 6) is 0. The predicted molar refractivity (Wildman–Crippen MR) is 39.6 cm³/mol. The van der Waals surface area contributed by atoms with Gasteiger partial charge in [-0.25, -0.2) is 0 Å². The first-order chi connectivity index (χ1) is 5.70. The van der Waals surface area contributed by atoms with Gasteiger partial charge < -0.3 is 24.4 Å². The van der Waals surface area contributed by atoms with Crippen LogP contribution in [0.15, 0.2) is 0 Å². The Balaban J connectivity index is 2.56. The highest BCUT2D eigenvalue weighted by Crippen LogP contribution is 2.17. The number of methoxy groups -OCH3 is 2. The first-order valence-electron chi connectivity index (χ1n) is 3.74. The summed E-state index contributed by atoms with van der Waals surface area (Å²) >= 11 is 0. The van der Waals surface area contributed by atoms with Crippen LogP contribution in [-0.4, -0.2) is 55.6 Å². The zero-order valence-corrected chi connectivity index (χ0v) is 7.14. The van der Waals surface area contributed by atoms with Gasteiger partial charge in [-0.1, -0.05) is 0 Å². The van der Waals surface area contributed by atoms with Crippen molar-refractivity contribution in [2.45, 2.75) is 24.6 Å². The van der Waals surface area contributed by atoms with Crippen molar-refractivity contribution in [3.8, 4) is 0 Å². The molecule has 1 rings (SSSR count). The highest BCUT2D eigenvalue weighted by Gasteiger charge is 2.38. The third-order valence-electron chi connectivity index (χ3n) is 2.00. The van der Waals surface area contributed by atoms with Gasteiger partial charge in [-0.15, -0.1) is 0 Å². The Morgan fingerprint density at radius 3 is 2.42 bits per heavy atom. The van der Waals surface area contributed by atoms with Crippen molar-refractivity contribution in [2.75, 3.05) is 20.8 Å². The molecule has 1 aliphatic heterocycles. The van der Waals surface area contributed by atoms with Gasteiger partial charge >= 0.3 is 0 Å². The second-order valence-electron chi connectivity index (χ2n) is 2.69. The van der Waals surface area contributed by atoms with Gasteiger partial charge in [-0.2, -0.15) is 0 Å². The number of aliphatic hydroxyl groups is 2. The lowest BCUT2D eigenvalue weighted by Crippen LogP contribution is -2.54. The SMILES string of the molecule is CO[C@@H]1C(O)OC[C@@H](OC)[C@H]1O. The number of hydrogen-bond acceptors (Lipinski definition) is 5. The number of rotatable bonds is 2. The van der Waals surface area contributed by atoms with Crippen LogP contribution >= 0.6 is 0 Å². The van der Waals surface area contributed by atoms with Crippen molar-refractivity contribution in [1.82, 2.24) is 0 Å². The summed E-state index contributed by atoms with van der Waals surface area (Å²) in [6.45, 7) is 0.179. The fraction of sp³-hybridized carbons (Fsp3) is 1.00. The standard InChI is InChI=1S/C7H14O5/c1-10-4-3-12-7(9)6(11-2)5(4)8/h4-9H,3H2,1-2H3/t4-,5-,6+,7?/m1/s1. The Bertz CT molecular complexity index is 140. The summed E-state index contributed by atoms with van der Waals surface area (Å²) in [6.07, 6.45) is -3.08. The average molecular weight is 178 g/mol. The maximum absolute atomic E-state index is 9.51. The zero-order chi connectivity index (χ0) is 9.14. The lowest BCUT2D eigenvalue weighted by Gasteiger charge is -2.36. The second kappa shape index (κ2) is 4.15. The van der Waals surface area contributed by atoms with E-state index in [0.29, 0.717) is 0 Å². The van der Waals surface area contributed by atoms with Gasteiger partial charge in [0.2, 0.25) is 0 Å². The van der Waals surface area contributed by atoms with Crippen molar-refractivity contribution >= 4 is 0 Å². The molecule has 0 aromatic rings. The van der Waals surface area contributed by atoms with Crippen molar-refractivity contribution in [2.24, 2.45) is 0 Å². The number of hydrogen-bond donors (Lipinski definition) is 2. The van der Waals surface area contributed by atoms with E-state index in [-0.39, 0.29) is 6.61 Å². The second-order valence-corrected chi connectivity index (χ2v) is 2.69. The summed E-state index contributed by atoms with van der Waals surface area (Å²) in [5.41, 5.74) is 0. The minimum atomic E-state index is -1.07. The van der Waals surface area contributed by atoms with E-state index in [9.17, 15) is 10.2 Å². The van der Waals surface area contributed by atoms with Crippen LogP contribution in [-0.2, 0) is 14.2 Å². The molecule has 0 aliphatic carbocycles. The molecule has 5 nitrogen and oxygen atoms in total. The lowest BCUT2D eigenvalue weighted by atomic mass is 10.1. The van der Waals surface area contributed by atoms with Crippen molar-refractivity contribution < 1.29 is 24.4 Å². The van der Waals surface area contributed by atoms with Crippen LogP contribution < -0.4 is 0 Å². The highest BCUT2D eigenvalue weighted by atomic mass is 16.7. The molecule has 12 heavy (non-hydrogen) atoms. The summed E-state index contributed by atoms with van der Waals surface area (Å²) in [7, 11) is 2.88. The molecule has 0 aromatic heterocycles. The van der Waals surface area contributed by atoms with E-state index >= 15 is 0 Å². The molecule has 72 valence electrons. The molecule has 1 unspecified atom stereocenters. The van der Waals surface area contributed by atoms with Crippen LogP contribution in [0.25, 0.3) is 0 Å². The summed E-state index contributed by atoms with van der Waals surface area (Å²) in [5, 5.41) is 18.7. The van der Waals surface area contributed by atoms with Gasteiger partial charge in [0.15, 0.2) is 6.29 Å². The number of aliphatic hydroxyl groups excluding tert-OH is 2. The highest BCUT2D eigenvalue weighted by molar-refractivity contribution is 4.83. The van der Waals surface area contributed by atoms with Crippen LogP contribution in [0.2, 0.25) is 0 Å². The lowest BCUT2D eigenvalue weighted by molar-refractivity contribution is -0.262. The fourth-order valence-corrected chi connectivity index (χ4v) is 1.23. The van der Waals surface area contributed by atoms with Crippen LogP contribution in [0.3, 0.4) is 0 Å². The van der Waals surface area contributed by atoms with E-state index in [1.165, 1.54) is 14.2 Å². The first kappa shape index (κ1) is 9.88. The topological polar surface area (TPSA) is 68.2 Å². The van der Waals surface area contributed by atoms with Crippen molar-refractivity contribution in [3.05, 3.63) is 0 Å². The molecular weight excluding hydrogens is 164 g/mol. The van der Waals surface area contributed by atoms with Gasteiger partial charge in [0, 0.05) is 14.2 Å². The molecule has 5 heteroatoms. The Hall–Kier alpha value is -0.200. The molecule has 0 spiro atoms. The van der Waals surface area contributed by atoms with E-state index in [4.69, 9.17) is 14.2 Å². The van der Waals surface area contributed by atoms with Crippen LogP contribution in [0, 0.1) is 0 Å². The molecule has 0 bridgehead atoms. The predicted octanol–water partition coefficient (Wildman–Crippen LogP) is -1.27. The first-order valence-corrected chi connectivity index (χ1v) is 3.74. The van der Waals surface area contributed by atoms with E-state index < -0.39 is 24.6 Å². The van der Waals surface area contributed by atoms with Crippen LogP contribution in [0.4, 0.5) is 0 Å². The van der Waals surface area contributed by atoms with Crippen LogP contribution in [0.5, 0.6) is 0 Å². The third-order valence-corrected chi connectivity index (χ3v) is 2.00. The molecule has 1 aliphatic rings. The average Bonchev–Trinajstić information content (AvgIpc) is 2.06. The van der Waals surface area contributed by atoms with E-state index in [1.807, 2.05) is 0 Å². The minimum absolute atomic E-state index is 0.179. The normalized spacial score (nSPS) is 43.0. The fourth-order valence-electron chi connectivity index (χ4n) is 1.23. The molecule has 0 radical (unpaired) electrons. The van der Waals surface area contributed by atoms with E-state index in [2.05, 4.69) is 0 Å². The summed E-state index contributed by atoms with van der Waals surface area (Å²) in [6, 6.07) is 0.